The largest absolute Gasteiger partial charge is 0.356 e. The smallest absolute Gasteiger partial charge is 0.255 e. The summed E-state index contributed by atoms with van der Waals surface area (Å²) in [6, 6.07) is 5.49. The molecule has 9 nitrogen and oxygen atoms in total. The van der Waals surface area contributed by atoms with Crippen molar-refractivity contribution < 1.29 is 19.8 Å². The zero-order valence-electron chi connectivity index (χ0n) is 14.7. The maximum atomic E-state index is 12.5. The third kappa shape index (κ3) is 3.48. The topological polar surface area (TPSA) is 101 Å². The summed E-state index contributed by atoms with van der Waals surface area (Å²) in [5.74, 6) is 1.43. The van der Waals surface area contributed by atoms with E-state index in [0.29, 0.717) is 48.1 Å². The van der Waals surface area contributed by atoms with Crippen LogP contribution in [-0.4, -0.2) is 57.0 Å². The van der Waals surface area contributed by atoms with Gasteiger partial charge in [-0.3, -0.25) is 9.78 Å². The van der Waals surface area contributed by atoms with Crippen molar-refractivity contribution in [1.82, 2.24) is 15.0 Å². The molecule has 27 heavy (non-hydrogen) atoms. The van der Waals surface area contributed by atoms with E-state index in [4.69, 9.17) is 4.74 Å². The maximum absolute atomic E-state index is 12.5. The summed E-state index contributed by atoms with van der Waals surface area (Å²) < 4.78 is 5.37. The lowest BCUT2D eigenvalue weighted by Crippen LogP contribution is -2.45. The minimum Gasteiger partial charge on any atom is -0.356 e. The Morgan fingerprint density at radius 1 is 1.41 bits per heavy atom. The average Bonchev–Trinajstić information content (AvgIpc) is 2.65. The van der Waals surface area contributed by atoms with Crippen LogP contribution in [0.2, 0.25) is 0 Å². The van der Waals surface area contributed by atoms with Gasteiger partial charge in [-0.1, -0.05) is 6.07 Å². The van der Waals surface area contributed by atoms with Crippen LogP contribution in [0.25, 0.3) is 11.4 Å². The lowest BCUT2D eigenvalue weighted by molar-refractivity contribution is -0.289. The number of hydroxylamine groups is 1. The Morgan fingerprint density at radius 3 is 2.89 bits per heavy atom. The Hall–Kier alpha value is -2.27. The van der Waals surface area contributed by atoms with Gasteiger partial charge < -0.3 is 9.64 Å². The molecule has 1 unspecified atom stereocenters. The zero-order chi connectivity index (χ0) is 18.8. The molecule has 10 heteroatoms. The van der Waals surface area contributed by atoms with Gasteiger partial charge in [0.15, 0.2) is 6.23 Å². The Morgan fingerprint density at radius 2 is 2.26 bits per heavy atom. The van der Waals surface area contributed by atoms with E-state index in [1.54, 1.807) is 29.8 Å². The number of pyridine rings is 1. The predicted octanol–water partition coefficient (Wildman–Crippen LogP) is 1.88. The first kappa shape index (κ1) is 18.1. The van der Waals surface area contributed by atoms with E-state index in [2.05, 4.69) is 19.9 Å². The van der Waals surface area contributed by atoms with Gasteiger partial charge in [0.2, 0.25) is 5.91 Å². The molecule has 0 bridgehead atoms. The fraction of sp³-hybridized carbons (Fsp3) is 0.412. The Labute approximate surface area is 160 Å². The summed E-state index contributed by atoms with van der Waals surface area (Å²) in [4.78, 5) is 32.1. The number of hydrogen-bond donors (Lipinski definition) is 1. The third-order valence-corrected chi connectivity index (χ3v) is 5.35. The van der Waals surface area contributed by atoms with E-state index in [1.165, 1.54) is 0 Å². The van der Waals surface area contributed by atoms with Crippen molar-refractivity contribution in [3.8, 4) is 11.4 Å². The quantitative estimate of drug-likeness (QED) is 0.607. The molecule has 0 saturated carbocycles. The summed E-state index contributed by atoms with van der Waals surface area (Å²) in [5, 5.41) is 10.4. The van der Waals surface area contributed by atoms with Crippen molar-refractivity contribution in [3.05, 3.63) is 30.1 Å². The molecular formula is C17H19N5O4S. The zero-order valence-corrected chi connectivity index (χ0v) is 15.6. The summed E-state index contributed by atoms with van der Waals surface area (Å²) in [6.07, 6.45) is 1.90. The van der Waals surface area contributed by atoms with Gasteiger partial charge in [-0.05, 0) is 19.1 Å². The first-order valence-electron chi connectivity index (χ1n) is 8.59. The van der Waals surface area contributed by atoms with Crippen molar-refractivity contribution in [3.63, 3.8) is 0 Å². The van der Waals surface area contributed by atoms with Crippen molar-refractivity contribution >= 4 is 29.3 Å². The molecule has 4 rings (SSSR count). The van der Waals surface area contributed by atoms with E-state index in [1.807, 2.05) is 18.2 Å². The molecule has 0 aromatic carbocycles. The van der Waals surface area contributed by atoms with Gasteiger partial charge in [0.1, 0.15) is 5.69 Å². The number of carbonyl (C=O) groups is 1. The molecule has 1 amide bonds. The molecule has 0 spiro atoms. The highest BCUT2D eigenvalue weighted by Crippen LogP contribution is 2.35. The molecule has 2 fully saturated rings. The second-order valence-corrected chi connectivity index (χ2v) is 7.25. The van der Waals surface area contributed by atoms with Crippen molar-refractivity contribution in [2.24, 2.45) is 0 Å². The molecule has 2 saturated heterocycles. The van der Waals surface area contributed by atoms with Crippen LogP contribution >= 0.6 is 11.8 Å². The van der Waals surface area contributed by atoms with Gasteiger partial charge in [0, 0.05) is 24.9 Å². The van der Waals surface area contributed by atoms with E-state index >= 15 is 0 Å². The molecule has 0 radical (unpaired) electrons. The van der Waals surface area contributed by atoms with Gasteiger partial charge in [0.25, 0.3) is 5.95 Å². The van der Waals surface area contributed by atoms with Crippen LogP contribution in [-0.2, 0) is 14.5 Å². The van der Waals surface area contributed by atoms with Crippen LogP contribution in [0.15, 0.2) is 24.4 Å². The van der Waals surface area contributed by atoms with E-state index in [-0.39, 0.29) is 11.9 Å². The normalized spacial score (nSPS) is 19.7. The fourth-order valence-electron chi connectivity index (χ4n) is 3.04. The molecule has 2 aromatic rings. The van der Waals surface area contributed by atoms with Crippen molar-refractivity contribution in [1.29, 1.82) is 0 Å². The van der Waals surface area contributed by atoms with Crippen LogP contribution in [0.4, 0.5) is 11.6 Å². The number of thioether (sulfide) groups is 1. The van der Waals surface area contributed by atoms with Gasteiger partial charge in [0.05, 0.1) is 29.4 Å². The van der Waals surface area contributed by atoms with Crippen LogP contribution in [0, 0.1) is 6.92 Å². The van der Waals surface area contributed by atoms with Gasteiger partial charge in [-0.15, -0.1) is 4.99 Å². The number of anilines is 2. The second kappa shape index (κ2) is 7.77. The number of hydrogen-bond acceptors (Lipinski definition) is 9. The SMILES string of the molecule is Cc1nc(N(OO)C2CCO2)nc(-c2ccccn2)c1N1CCSCC1=O. The standard InChI is InChI=1S/C17H19N5O4S/c1-11-16(21-7-9-27-10-13(21)23)15(12-4-2-3-6-18-12)20-17(19-11)22(26-24)14-5-8-25-14/h2-4,6,14,24H,5,7-10H2,1H3. The average molecular weight is 389 g/mol. The second-order valence-electron chi connectivity index (χ2n) is 6.14. The highest BCUT2D eigenvalue weighted by Gasteiger charge is 2.33. The van der Waals surface area contributed by atoms with Gasteiger partial charge in [-0.25, -0.2) is 15.2 Å². The summed E-state index contributed by atoms with van der Waals surface area (Å²) in [6.45, 7) is 2.96. The Balaban J connectivity index is 1.84. The monoisotopic (exact) mass is 389 g/mol. The molecule has 142 valence electrons. The molecule has 2 aliphatic rings. The van der Waals surface area contributed by atoms with Crippen LogP contribution in [0.3, 0.4) is 0 Å². The molecule has 4 heterocycles. The number of ether oxygens (including phenoxy) is 1. The first-order valence-corrected chi connectivity index (χ1v) is 9.75. The molecule has 1 N–H and O–H groups in total. The number of aromatic nitrogens is 3. The molecule has 0 aliphatic carbocycles. The highest BCUT2D eigenvalue weighted by atomic mass is 32.2. The lowest BCUT2D eigenvalue weighted by Gasteiger charge is -2.34. The predicted molar refractivity (Wildman–Crippen MR) is 100 cm³/mol. The summed E-state index contributed by atoms with van der Waals surface area (Å²) >= 11 is 1.61. The van der Waals surface area contributed by atoms with E-state index in [9.17, 15) is 10.1 Å². The van der Waals surface area contributed by atoms with Crippen molar-refractivity contribution in [2.75, 3.05) is 34.6 Å². The number of carbonyl (C=O) groups excluding carboxylic acids is 1. The van der Waals surface area contributed by atoms with Crippen LogP contribution in [0.5, 0.6) is 0 Å². The minimum atomic E-state index is -0.454. The molecule has 1 atom stereocenters. The summed E-state index contributed by atoms with van der Waals surface area (Å²) in [5.41, 5.74) is 2.36. The first-order chi connectivity index (χ1) is 13.2. The number of rotatable bonds is 5. The minimum absolute atomic E-state index is 0.0143. The number of nitrogens with zero attached hydrogens (tertiary/aromatic N) is 5. The third-order valence-electron chi connectivity index (χ3n) is 4.43. The van der Waals surface area contributed by atoms with E-state index < -0.39 is 6.23 Å². The lowest BCUT2D eigenvalue weighted by atomic mass is 10.1. The number of amides is 1. The van der Waals surface area contributed by atoms with Crippen molar-refractivity contribution in [2.45, 2.75) is 19.6 Å². The van der Waals surface area contributed by atoms with Crippen LogP contribution in [0.1, 0.15) is 12.1 Å². The molecular weight excluding hydrogens is 370 g/mol. The van der Waals surface area contributed by atoms with Gasteiger partial charge in [-0.2, -0.15) is 16.8 Å². The van der Waals surface area contributed by atoms with E-state index in [0.717, 1.165) is 10.8 Å². The summed E-state index contributed by atoms with van der Waals surface area (Å²) in [7, 11) is 0. The maximum Gasteiger partial charge on any atom is 0.255 e. The Bertz CT molecular complexity index is 834. The molecule has 2 aliphatic heterocycles. The molecule has 2 aromatic heterocycles. The van der Waals surface area contributed by atoms with Crippen LogP contribution < -0.4 is 9.96 Å². The highest BCUT2D eigenvalue weighted by molar-refractivity contribution is 8.00. The number of aryl methyl sites for hydroxylation is 1. The Kier molecular flexibility index (Phi) is 5.21. The fourth-order valence-corrected chi connectivity index (χ4v) is 3.82. The van der Waals surface area contributed by atoms with Gasteiger partial charge >= 0.3 is 0 Å².